The minimum atomic E-state index is -0.623. The summed E-state index contributed by atoms with van der Waals surface area (Å²) in [5, 5.41) is 9.34. The number of carbonyl (C=O) groups is 1. The fourth-order valence-electron chi connectivity index (χ4n) is 1.07. The minimum Gasteiger partial charge on any atom is -0.507 e. The molecule has 4 nitrogen and oxygen atoms in total. The lowest BCUT2D eigenvalue weighted by Gasteiger charge is -2.06. The number of carbonyl (C=O) groups excluding carboxylic acids is 1. The van der Waals surface area contributed by atoms with Crippen molar-refractivity contribution in [1.82, 2.24) is 0 Å². The van der Waals surface area contributed by atoms with Gasteiger partial charge in [-0.05, 0) is 12.1 Å². The molecule has 0 saturated carbocycles. The highest BCUT2D eigenvalue weighted by molar-refractivity contribution is 5.92. The molecule has 1 N–H and O–H groups in total. The Morgan fingerprint density at radius 3 is 2.69 bits per heavy atom. The van der Waals surface area contributed by atoms with Crippen molar-refractivity contribution in [3.05, 3.63) is 29.8 Å². The van der Waals surface area contributed by atoms with Crippen molar-refractivity contribution < 1.29 is 23.8 Å². The zero-order valence-corrected chi connectivity index (χ0v) is 8.69. The standard InChI is InChI=1S/C11H13FO4/c12-5-6-15-7-8-16-11(14)9-3-1-2-4-10(9)13/h1-4,13H,5-8H2. The first kappa shape index (κ1) is 12.4. The Bertz CT molecular complexity index is 341. The molecule has 0 aliphatic rings. The number of aromatic hydroxyl groups is 1. The zero-order valence-electron chi connectivity index (χ0n) is 8.69. The van der Waals surface area contributed by atoms with Crippen LogP contribution in [0.3, 0.4) is 0 Å². The van der Waals surface area contributed by atoms with E-state index >= 15 is 0 Å². The van der Waals surface area contributed by atoms with Gasteiger partial charge in [0, 0.05) is 0 Å². The molecule has 0 heterocycles. The molecule has 1 aromatic rings. The lowest BCUT2D eigenvalue weighted by Crippen LogP contribution is -2.11. The van der Waals surface area contributed by atoms with Gasteiger partial charge in [-0.3, -0.25) is 0 Å². The quantitative estimate of drug-likeness (QED) is 0.592. The number of alkyl halides is 1. The van der Waals surface area contributed by atoms with Gasteiger partial charge in [0.25, 0.3) is 0 Å². The fourth-order valence-corrected chi connectivity index (χ4v) is 1.07. The Balaban J connectivity index is 2.33. The lowest BCUT2D eigenvalue weighted by molar-refractivity contribution is 0.0297. The smallest absolute Gasteiger partial charge is 0.341 e. The Hall–Kier alpha value is -1.62. The highest BCUT2D eigenvalue weighted by atomic mass is 19.1. The van der Waals surface area contributed by atoms with Crippen molar-refractivity contribution in [3.8, 4) is 5.75 Å². The van der Waals surface area contributed by atoms with E-state index in [0.29, 0.717) is 0 Å². The van der Waals surface area contributed by atoms with Crippen LogP contribution in [0, 0.1) is 0 Å². The van der Waals surface area contributed by atoms with Crippen LogP contribution < -0.4 is 0 Å². The van der Waals surface area contributed by atoms with E-state index in [9.17, 15) is 14.3 Å². The number of hydrogen-bond acceptors (Lipinski definition) is 4. The molecule has 0 bridgehead atoms. The summed E-state index contributed by atoms with van der Waals surface area (Å²) in [6.07, 6.45) is 0. The van der Waals surface area contributed by atoms with Gasteiger partial charge in [-0.25, -0.2) is 9.18 Å². The van der Waals surface area contributed by atoms with Crippen molar-refractivity contribution in [1.29, 1.82) is 0 Å². The maximum absolute atomic E-state index is 11.6. The van der Waals surface area contributed by atoms with Crippen molar-refractivity contribution in [2.75, 3.05) is 26.5 Å². The van der Waals surface area contributed by atoms with Crippen molar-refractivity contribution in [2.24, 2.45) is 0 Å². The van der Waals surface area contributed by atoms with Gasteiger partial charge in [-0.2, -0.15) is 0 Å². The number of hydrogen-bond donors (Lipinski definition) is 1. The molecular formula is C11H13FO4. The van der Waals surface area contributed by atoms with Gasteiger partial charge in [-0.15, -0.1) is 0 Å². The second-order valence-electron chi connectivity index (χ2n) is 2.95. The Morgan fingerprint density at radius 1 is 1.25 bits per heavy atom. The summed E-state index contributed by atoms with van der Waals surface area (Å²) in [6.45, 7) is -0.391. The van der Waals surface area contributed by atoms with E-state index in [0.717, 1.165) is 0 Å². The minimum absolute atomic E-state index is 0.00582. The van der Waals surface area contributed by atoms with E-state index in [-0.39, 0.29) is 31.1 Å². The number of phenolic OH excluding ortho intramolecular Hbond substituents is 1. The fraction of sp³-hybridized carbons (Fsp3) is 0.364. The largest absolute Gasteiger partial charge is 0.507 e. The van der Waals surface area contributed by atoms with Gasteiger partial charge in [0.1, 0.15) is 24.6 Å². The first-order valence-corrected chi connectivity index (χ1v) is 4.84. The first-order valence-electron chi connectivity index (χ1n) is 4.84. The molecule has 0 atom stereocenters. The lowest BCUT2D eigenvalue weighted by atomic mass is 10.2. The second kappa shape index (κ2) is 6.79. The van der Waals surface area contributed by atoms with Crippen LogP contribution in [-0.2, 0) is 9.47 Å². The third-order valence-electron chi connectivity index (χ3n) is 1.81. The number of para-hydroxylation sites is 1. The number of benzene rings is 1. The van der Waals surface area contributed by atoms with E-state index in [1.165, 1.54) is 12.1 Å². The molecule has 0 aromatic heterocycles. The van der Waals surface area contributed by atoms with Crippen LogP contribution in [0.5, 0.6) is 5.75 Å². The Labute approximate surface area is 92.6 Å². The molecule has 0 aliphatic heterocycles. The number of esters is 1. The van der Waals surface area contributed by atoms with Gasteiger partial charge < -0.3 is 14.6 Å². The molecule has 0 radical (unpaired) electrons. The highest BCUT2D eigenvalue weighted by Crippen LogP contribution is 2.16. The molecule has 1 rings (SSSR count). The van der Waals surface area contributed by atoms with E-state index in [4.69, 9.17) is 9.47 Å². The maximum Gasteiger partial charge on any atom is 0.341 e. The Kier molecular flexibility index (Phi) is 5.28. The number of phenols is 1. The highest BCUT2D eigenvalue weighted by Gasteiger charge is 2.10. The van der Waals surface area contributed by atoms with Gasteiger partial charge in [0.05, 0.1) is 13.2 Å². The molecular weight excluding hydrogens is 215 g/mol. The summed E-state index contributed by atoms with van der Waals surface area (Å²) in [5.74, 6) is -0.751. The van der Waals surface area contributed by atoms with Gasteiger partial charge >= 0.3 is 5.97 Å². The van der Waals surface area contributed by atoms with Crippen molar-refractivity contribution >= 4 is 5.97 Å². The van der Waals surface area contributed by atoms with Crippen LogP contribution >= 0.6 is 0 Å². The molecule has 0 unspecified atom stereocenters. The van der Waals surface area contributed by atoms with Crippen LogP contribution in [0.1, 0.15) is 10.4 Å². The molecule has 0 amide bonds. The molecule has 0 aliphatic carbocycles. The van der Waals surface area contributed by atoms with E-state index in [2.05, 4.69) is 0 Å². The first-order chi connectivity index (χ1) is 7.75. The van der Waals surface area contributed by atoms with Crippen LogP contribution in [0.4, 0.5) is 4.39 Å². The summed E-state index contributed by atoms with van der Waals surface area (Å²) < 4.78 is 21.2. The predicted molar refractivity (Wildman–Crippen MR) is 55.2 cm³/mol. The average molecular weight is 228 g/mol. The summed E-state index contributed by atoms with van der Waals surface area (Å²) in [6, 6.07) is 6.09. The second-order valence-corrected chi connectivity index (χ2v) is 2.95. The predicted octanol–water partition coefficient (Wildman–Crippen LogP) is 1.54. The maximum atomic E-state index is 11.6. The van der Waals surface area contributed by atoms with Crippen LogP contribution in [-0.4, -0.2) is 37.6 Å². The average Bonchev–Trinajstić information content (AvgIpc) is 2.29. The number of rotatable bonds is 6. The van der Waals surface area contributed by atoms with Crippen LogP contribution in [0.2, 0.25) is 0 Å². The van der Waals surface area contributed by atoms with Crippen molar-refractivity contribution in [2.45, 2.75) is 0 Å². The van der Waals surface area contributed by atoms with Crippen LogP contribution in [0.15, 0.2) is 24.3 Å². The summed E-state index contributed by atoms with van der Waals surface area (Å²) >= 11 is 0. The molecule has 5 heteroatoms. The van der Waals surface area contributed by atoms with E-state index < -0.39 is 12.6 Å². The number of ether oxygens (including phenoxy) is 2. The molecule has 1 aromatic carbocycles. The van der Waals surface area contributed by atoms with Crippen LogP contribution in [0.25, 0.3) is 0 Å². The van der Waals surface area contributed by atoms with Gasteiger partial charge in [0.2, 0.25) is 0 Å². The third-order valence-corrected chi connectivity index (χ3v) is 1.81. The molecule has 0 saturated heterocycles. The topological polar surface area (TPSA) is 55.8 Å². The monoisotopic (exact) mass is 228 g/mol. The van der Waals surface area contributed by atoms with Gasteiger partial charge in [0.15, 0.2) is 0 Å². The summed E-state index contributed by atoms with van der Waals surface area (Å²) in [7, 11) is 0. The zero-order chi connectivity index (χ0) is 11.8. The van der Waals surface area contributed by atoms with E-state index in [1.54, 1.807) is 12.1 Å². The van der Waals surface area contributed by atoms with Crippen molar-refractivity contribution in [3.63, 3.8) is 0 Å². The molecule has 0 spiro atoms. The molecule has 16 heavy (non-hydrogen) atoms. The summed E-state index contributed by atoms with van der Waals surface area (Å²) in [5.41, 5.74) is 0.105. The Morgan fingerprint density at radius 2 is 2.00 bits per heavy atom. The third kappa shape index (κ3) is 3.86. The SMILES string of the molecule is O=C(OCCOCCF)c1ccccc1O. The summed E-state index contributed by atoms with van der Waals surface area (Å²) in [4.78, 5) is 11.4. The normalized spacial score (nSPS) is 10.1. The van der Waals surface area contributed by atoms with E-state index in [1.807, 2.05) is 0 Å². The molecule has 0 fully saturated rings. The van der Waals surface area contributed by atoms with Gasteiger partial charge in [-0.1, -0.05) is 12.1 Å². The number of halogens is 1. The molecule has 88 valence electrons.